The van der Waals surface area contributed by atoms with Gasteiger partial charge in [-0.1, -0.05) is 83.0 Å². The normalized spacial score (nSPS) is 9.56. The summed E-state index contributed by atoms with van der Waals surface area (Å²) in [5.74, 6) is 0. The van der Waals surface area contributed by atoms with Gasteiger partial charge >= 0.3 is 21.7 Å². The molecule has 0 saturated carbocycles. The van der Waals surface area contributed by atoms with Crippen LogP contribution in [0.3, 0.4) is 0 Å². The van der Waals surface area contributed by atoms with E-state index in [0.29, 0.717) is 5.41 Å². The largest absolute Gasteiger partial charge is 4.00 e. The molecule has 2 heteroatoms. The molecule has 0 nitrogen and oxygen atoms in total. The standard InChI is InChI=1S/C14H23.C8H11Si.3CH3.Ti/c1-9-10(2)12(4)13(11(9)3)8-14(5,6)7;1-6-3-7(2)5-8(9)4-6;;;;/h8H2,1-7H3;3-5H,9H2,1-2H3;3*1H3;/q-1;;3*-1;+4. The summed E-state index contributed by atoms with van der Waals surface area (Å²) < 4.78 is 0. The van der Waals surface area contributed by atoms with E-state index in [9.17, 15) is 0 Å². The average Bonchev–Trinajstić information content (AvgIpc) is 2.54. The minimum atomic E-state index is 0. The van der Waals surface area contributed by atoms with Crippen molar-refractivity contribution in [2.75, 3.05) is 0 Å². The van der Waals surface area contributed by atoms with Crippen molar-refractivity contribution >= 4 is 15.4 Å². The summed E-state index contributed by atoms with van der Waals surface area (Å²) in [5.41, 5.74) is 10.7. The van der Waals surface area contributed by atoms with Gasteiger partial charge in [0.15, 0.2) is 0 Å². The molecule has 0 saturated heterocycles. The molecule has 0 aliphatic carbocycles. The van der Waals surface area contributed by atoms with Gasteiger partial charge in [0.2, 0.25) is 0 Å². The number of aryl methyl sites for hydroxylation is 2. The first-order valence-corrected chi connectivity index (χ1v) is 9.25. The van der Waals surface area contributed by atoms with E-state index < -0.39 is 0 Å². The van der Waals surface area contributed by atoms with Crippen LogP contribution in [0.15, 0.2) is 18.2 Å². The Labute approximate surface area is 190 Å². The molecule has 0 aromatic heterocycles. The van der Waals surface area contributed by atoms with E-state index in [2.05, 4.69) is 80.5 Å². The molecule has 0 spiro atoms. The fraction of sp³-hybridized carbons (Fsp3) is 0.440. The Balaban J connectivity index is -0.000000181. The predicted octanol–water partition coefficient (Wildman–Crippen LogP) is 6.14. The zero-order valence-electron chi connectivity index (χ0n) is 20.1. The monoisotopic (exact) mass is 419 g/mol. The summed E-state index contributed by atoms with van der Waals surface area (Å²) >= 11 is 0. The number of hydrogen-bond acceptors (Lipinski definition) is 0. The zero-order chi connectivity index (χ0) is 17.9. The predicted molar refractivity (Wildman–Crippen MR) is 127 cm³/mol. The van der Waals surface area contributed by atoms with Crippen molar-refractivity contribution in [1.82, 2.24) is 0 Å². The first-order valence-electron chi connectivity index (χ1n) is 8.54. The maximum Gasteiger partial charge on any atom is 4.00 e. The van der Waals surface area contributed by atoms with Crippen molar-refractivity contribution in [3.05, 3.63) is 79.4 Å². The Hall–Kier alpha value is -0.499. The Bertz CT molecular complexity index is 597. The van der Waals surface area contributed by atoms with Crippen LogP contribution in [-0.2, 0) is 28.1 Å². The molecule has 2 rings (SSSR count). The number of rotatable bonds is 1. The molecule has 2 aromatic carbocycles. The van der Waals surface area contributed by atoms with Crippen LogP contribution >= 0.6 is 0 Å². The molecule has 1 radical (unpaired) electrons. The van der Waals surface area contributed by atoms with Crippen LogP contribution in [0.25, 0.3) is 0 Å². The summed E-state index contributed by atoms with van der Waals surface area (Å²) in [6.07, 6.45) is 1.19. The molecule has 2 aromatic rings. The van der Waals surface area contributed by atoms with Gasteiger partial charge in [0, 0.05) is 10.2 Å². The van der Waals surface area contributed by atoms with Crippen LogP contribution in [0.4, 0.5) is 0 Å². The van der Waals surface area contributed by atoms with Gasteiger partial charge in [-0.3, -0.25) is 0 Å². The minimum absolute atomic E-state index is 0. The molecular formula is C25H43SiTi. The van der Waals surface area contributed by atoms with E-state index >= 15 is 0 Å². The van der Waals surface area contributed by atoms with E-state index in [-0.39, 0.29) is 44.0 Å². The van der Waals surface area contributed by atoms with Gasteiger partial charge in [-0.25, -0.2) is 0 Å². The minimum Gasteiger partial charge on any atom is -0.358 e. The van der Waals surface area contributed by atoms with Crippen molar-refractivity contribution in [2.45, 2.75) is 68.7 Å². The molecule has 151 valence electrons. The molecule has 0 aliphatic rings. The Morgan fingerprint density at radius 2 is 1.22 bits per heavy atom. The van der Waals surface area contributed by atoms with E-state index in [0.717, 1.165) is 0 Å². The summed E-state index contributed by atoms with van der Waals surface area (Å²) in [5, 5.41) is 1.38. The second kappa shape index (κ2) is 13.6. The third kappa shape index (κ3) is 10.6. The van der Waals surface area contributed by atoms with Crippen molar-refractivity contribution in [2.24, 2.45) is 5.41 Å². The van der Waals surface area contributed by atoms with Crippen LogP contribution in [0.2, 0.25) is 0 Å². The molecule has 0 aliphatic heterocycles. The van der Waals surface area contributed by atoms with E-state index in [1.807, 2.05) is 10.2 Å². The van der Waals surface area contributed by atoms with Crippen LogP contribution in [0, 0.1) is 69.2 Å². The second-order valence-electron chi connectivity index (χ2n) is 8.21. The molecule has 27 heavy (non-hydrogen) atoms. The smallest absolute Gasteiger partial charge is 0.358 e. The van der Waals surface area contributed by atoms with Gasteiger partial charge in [0.05, 0.1) is 0 Å². The van der Waals surface area contributed by atoms with E-state index in [1.165, 1.54) is 45.0 Å². The second-order valence-corrected chi connectivity index (χ2v) is 9.03. The fourth-order valence-electron chi connectivity index (χ4n) is 3.16. The van der Waals surface area contributed by atoms with Gasteiger partial charge < -0.3 is 22.3 Å². The first-order chi connectivity index (χ1) is 10.4. The molecule has 0 atom stereocenters. The third-order valence-corrected chi connectivity index (χ3v) is 4.99. The summed E-state index contributed by atoms with van der Waals surface area (Å²) in [7, 11) is 1.93. The average molecular weight is 420 g/mol. The van der Waals surface area contributed by atoms with E-state index in [4.69, 9.17) is 0 Å². The summed E-state index contributed by atoms with van der Waals surface area (Å²) in [4.78, 5) is 0. The van der Waals surface area contributed by atoms with Crippen LogP contribution in [-0.4, -0.2) is 10.2 Å². The zero-order valence-corrected chi connectivity index (χ0v) is 23.1. The third-order valence-electron chi connectivity index (χ3n) is 4.58. The number of hydrogen-bond donors (Lipinski definition) is 0. The molecule has 0 amide bonds. The Morgan fingerprint density at radius 1 is 0.815 bits per heavy atom. The Kier molecular flexibility index (Phi) is 17.2. The van der Waals surface area contributed by atoms with Crippen LogP contribution in [0.1, 0.15) is 59.7 Å². The summed E-state index contributed by atoms with van der Waals surface area (Å²) in [6, 6.07) is 6.59. The van der Waals surface area contributed by atoms with Gasteiger partial charge in [-0.05, 0) is 25.7 Å². The van der Waals surface area contributed by atoms with Crippen molar-refractivity contribution in [3.63, 3.8) is 0 Å². The molecule has 0 N–H and O–H groups in total. The molecule has 0 fully saturated rings. The Morgan fingerprint density at radius 3 is 1.48 bits per heavy atom. The topological polar surface area (TPSA) is 0 Å². The first kappa shape index (κ1) is 34.0. The number of benzene rings is 1. The van der Waals surface area contributed by atoms with Crippen LogP contribution in [0.5, 0.6) is 0 Å². The van der Waals surface area contributed by atoms with Gasteiger partial charge in [0.1, 0.15) is 0 Å². The van der Waals surface area contributed by atoms with Gasteiger partial charge in [-0.15, -0.1) is 0 Å². The van der Waals surface area contributed by atoms with Crippen LogP contribution < -0.4 is 5.19 Å². The maximum atomic E-state index is 2.31. The SMILES string of the molecule is Cc1c(C)c(CC(C)(C)C)[c-](C)c1C.Cc1cc(C)cc([SiH2])c1.[CH3-].[CH3-].[CH3-].[Ti+4]. The van der Waals surface area contributed by atoms with E-state index in [1.54, 1.807) is 5.56 Å². The summed E-state index contributed by atoms with van der Waals surface area (Å²) in [6.45, 7) is 20.2. The molecular weight excluding hydrogens is 376 g/mol. The fourth-order valence-corrected chi connectivity index (χ4v) is 3.80. The molecule has 0 unspecified atom stereocenters. The van der Waals surface area contributed by atoms with Crippen molar-refractivity contribution < 1.29 is 21.7 Å². The van der Waals surface area contributed by atoms with Crippen molar-refractivity contribution in [3.8, 4) is 0 Å². The molecule has 0 heterocycles. The maximum absolute atomic E-state index is 2.31. The van der Waals surface area contributed by atoms with Gasteiger partial charge in [-0.2, -0.15) is 27.8 Å². The van der Waals surface area contributed by atoms with Crippen molar-refractivity contribution in [1.29, 1.82) is 0 Å². The molecule has 0 bridgehead atoms. The quantitative estimate of drug-likeness (QED) is 0.385. The van der Waals surface area contributed by atoms with Gasteiger partial charge in [0.25, 0.3) is 0 Å².